The predicted octanol–water partition coefficient (Wildman–Crippen LogP) is 6.00. The Morgan fingerprint density at radius 1 is 1.24 bits per heavy atom. The Labute approximate surface area is 163 Å². The first-order valence-corrected chi connectivity index (χ1v) is 10.5. The van der Waals surface area contributed by atoms with E-state index in [1.54, 1.807) is 0 Å². The molecule has 2 heterocycles. The fourth-order valence-corrected chi connectivity index (χ4v) is 5.11. The van der Waals surface area contributed by atoms with Crippen molar-refractivity contribution in [3.05, 3.63) is 45.9 Å². The molecule has 1 N–H and O–H groups in total. The van der Waals surface area contributed by atoms with E-state index >= 15 is 0 Å². The number of piperidine rings is 1. The van der Waals surface area contributed by atoms with Crippen LogP contribution < -0.4 is 10.1 Å². The van der Waals surface area contributed by atoms with Gasteiger partial charge in [0.2, 0.25) is 0 Å². The van der Waals surface area contributed by atoms with E-state index in [9.17, 15) is 0 Å². The maximum absolute atomic E-state index is 6.47. The lowest BCUT2D eigenvalue weighted by Crippen LogP contribution is -2.37. The van der Waals surface area contributed by atoms with Gasteiger partial charge < -0.3 is 10.1 Å². The summed E-state index contributed by atoms with van der Waals surface area (Å²) in [5.41, 5.74) is 3.49. The standard InChI is InChI=1S/C20H21Cl2NOS/c1-2-7-25-19-9-12(14-4-3-13(21)10-17(14)22)8-15-16-11-23-6-5-18(16)24-20(15)19/h3-4,8-10,16,18,23H,2,5-7,11H2,1H3. The largest absolute Gasteiger partial charge is 0.488 e. The number of nitrogens with one attached hydrogen (secondary N) is 1. The second-order valence-electron chi connectivity index (χ2n) is 6.62. The van der Waals surface area contributed by atoms with E-state index in [1.807, 2.05) is 30.0 Å². The molecule has 5 heteroatoms. The fraction of sp³-hybridized carbons (Fsp3) is 0.400. The van der Waals surface area contributed by atoms with Gasteiger partial charge in [-0.2, -0.15) is 0 Å². The molecule has 2 aliphatic rings. The van der Waals surface area contributed by atoms with Gasteiger partial charge in [-0.05, 0) is 55.0 Å². The number of rotatable bonds is 4. The molecule has 2 aliphatic heterocycles. The smallest absolute Gasteiger partial charge is 0.137 e. The van der Waals surface area contributed by atoms with E-state index in [-0.39, 0.29) is 0 Å². The van der Waals surface area contributed by atoms with E-state index in [0.717, 1.165) is 48.6 Å². The molecule has 2 aromatic carbocycles. The van der Waals surface area contributed by atoms with Crippen LogP contribution in [0.5, 0.6) is 5.75 Å². The number of ether oxygens (including phenoxy) is 1. The van der Waals surface area contributed by atoms with Crippen LogP contribution >= 0.6 is 35.0 Å². The lowest BCUT2D eigenvalue weighted by molar-refractivity contribution is 0.169. The molecule has 25 heavy (non-hydrogen) atoms. The van der Waals surface area contributed by atoms with Crippen molar-refractivity contribution < 1.29 is 4.74 Å². The van der Waals surface area contributed by atoms with Crippen LogP contribution in [0.2, 0.25) is 10.0 Å². The highest BCUT2D eigenvalue weighted by atomic mass is 35.5. The van der Waals surface area contributed by atoms with Crippen molar-refractivity contribution in [2.45, 2.75) is 36.7 Å². The first kappa shape index (κ1) is 17.5. The summed E-state index contributed by atoms with van der Waals surface area (Å²) in [5, 5.41) is 4.86. The van der Waals surface area contributed by atoms with Crippen LogP contribution in [0.25, 0.3) is 11.1 Å². The number of thioether (sulfide) groups is 1. The summed E-state index contributed by atoms with van der Waals surface area (Å²) in [5.74, 6) is 2.60. The van der Waals surface area contributed by atoms with Crippen molar-refractivity contribution in [1.82, 2.24) is 5.32 Å². The first-order chi connectivity index (χ1) is 12.2. The quantitative estimate of drug-likeness (QED) is 0.643. The van der Waals surface area contributed by atoms with Crippen molar-refractivity contribution in [3.8, 4) is 16.9 Å². The van der Waals surface area contributed by atoms with Crippen LogP contribution in [0.15, 0.2) is 35.2 Å². The molecule has 4 rings (SSSR count). The number of fused-ring (bicyclic) bond motifs is 3. The molecule has 2 aromatic rings. The minimum Gasteiger partial charge on any atom is -0.488 e. The van der Waals surface area contributed by atoms with Gasteiger partial charge >= 0.3 is 0 Å². The van der Waals surface area contributed by atoms with E-state index in [2.05, 4.69) is 24.4 Å². The lowest BCUT2D eigenvalue weighted by atomic mass is 9.89. The van der Waals surface area contributed by atoms with Gasteiger partial charge in [0, 0.05) is 33.6 Å². The summed E-state index contributed by atoms with van der Waals surface area (Å²) in [7, 11) is 0. The molecule has 0 aromatic heterocycles. The zero-order valence-corrected chi connectivity index (χ0v) is 16.5. The molecule has 0 saturated carbocycles. The Balaban J connectivity index is 1.81. The van der Waals surface area contributed by atoms with E-state index < -0.39 is 0 Å². The minimum atomic E-state index is 0.299. The van der Waals surface area contributed by atoms with E-state index in [0.29, 0.717) is 22.1 Å². The maximum atomic E-state index is 6.47. The maximum Gasteiger partial charge on any atom is 0.137 e. The van der Waals surface area contributed by atoms with Crippen molar-refractivity contribution in [2.75, 3.05) is 18.8 Å². The molecule has 0 aliphatic carbocycles. The third-order valence-corrected chi connectivity index (χ3v) is 6.65. The minimum absolute atomic E-state index is 0.299. The second-order valence-corrected chi connectivity index (χ2v) is 8.60. The molecule has 0 radical (unpaired) electrons. The topological polar surface area (TPSA) is 21.3 Å². The summed E-state index contributed by atoms with van der Waals surface area (Å²) in [6.45, 7) is 4.22. The molecule has 132 valence electrons. The van der Waals surface area contributed by atoms with Gasteiger partial charge in [-0.25, -0.2) is 0 Å². The molecular formula is C20H21Cl2NOS. The Bertz CT molecular complexity index is 796. The molecule has 2 unspecified atom stereocenters. The Hall–Kier alpha value is -0.870. The number of hydrogen-bond donors (Lipinski definition) is 1. The van der Waals surface area contributed by atoms with Crippen LogP contribution in [0.4, 0.5) is 0 Å². The molecule has 1 saturated heterocycles. The van der Waals surface area contributed by atoms with Crippen LogP contribution in [0, 0.1) is 0 Å². The molecule has 1 fully saturated rings. The summed E-state index contributed by atoms with van der Waals surface area (Å²) in [6.07, 6.45) is 2.50. The zero-order valence-electron chi connectivity index (χ0n) is 14.1. The summed E-state index contributed by atoms with van der Waals surface area (Å²) < 4.78 is 6.36. The third kappa shape index (κ3) is 3.40. The Morgan fingerprint density at radius 2 is 2.12 bits per heavy atom. The molecule has 2 nitrogen and oxygen atoms in total. The highest BCUT2D eigenvalue weighted by Crippen LogP contribution is 2.48. The lowest BCUT2D eigenvalue weighted by Gasteiger charge is -2.24. The van der Waals surface area contributed by atoms with Crippen molar-refractivity contribution in [2.24, 2.45) is 0 Å². The Morgan fingerprint density at radius 3 is 2.92 bits per heavy atom. The van der Waals surface area contributed by atoms with Gasteiger partial charge in [-0.1, -0.05) is 36.2 Å². The van der Waals surface area contributed by atoms with Gasteiger partial charge in [0.25, 0.3) is 0 Å². The number of halogens is 2. The van der Waals surface area contributed by atoms with E-state index in [1.165, 1.54) is 10.5 Å². The zero-order chi connectivity index (χ0) is 17.4. The molecule has 0 amide bonds. The van der Waals surface area contributed by atoms with Crippen LogP contribution in [-0.2, 0) is 0 Å². The monoisotopic (exact) mass is 393 g/mol. The fourth-order valence-electron chi connectivity index (χ4n) is 3.66. The normalized spacial score (nSPS) is 21.6. The van der Waals surface area contributed by atoms with Gasteiger partial charge in [-0.3, -0.25) is 0 Å². The van der Waals surface area contributed by atoms with E-state index in [4.69, 9.17) is 27.9 Å². The van der Waals surface area contributed by atoms with Crippen LogP contribution in [-0.4, -0.2) is 24.9 Å². The van der Waals surface area contributed by atoms with Gasteiger partial charge in [-0.15, -0.1) is 11.8 Å². The van der Waals surface area contributed by atoms with Gasteiger partial charge in [0.15, 0.2) is 0 Å². The average Bonchev–Trinajstić information content (AvgIpc) is 2.98. The highest BCUT2D eigenvalue weighted by Gasteiger charge is 2.38. The number of hydrogen-bond acceptors (Lipinski definition) is 3. The van der Waals surface area contributed by atoms with Gasteiger partial charge in [0.1, 0.15) is 11.9 Å². The average molecular weight is 394 g/mol. The second kappa shape index (κ2) is 7.40. The highest BCUT2D eigenvalue weighted by molar-refractivity contribution is 7.99. The van der Waals surface area contributed by atoms with Crippen molar-refractivity contribution in [3.63, 3.8) is 0 Å². The first-order valence-electron chi connectivity index (χ1n) is 8.81. The Kier molecular flexibility index (Phi) is 5.19. The third-order valence-electron chi connectivity index (χ3n) is 4.87. The molecule has 0 spiro atoms. The van der Waals surface area contributed by atoms with Crippen molar-refractivity contribution in [1.29, 1.82) is 0 Å². The summed E-state index contributed by atoms with van der Waals surface area (Å²) >= 11 is 14.4. The van der Waals surface area contributed by atoms with Crippen LogP contribution in [0.1, 0.15) is 31.2 Å². The van der Waals surface area contributed by atoms with Gasteiger partial charge in [0.05, 0.1) is 4.90 Å². The van der Waals surface area contributed by atoms with Crippen molar-refractivity contribution >= 4 is 35.0 Å². The molecular weight excluding hydrogens is 373 g/mol. The SMILES string of the molecule is CCCSc1cc(-c2ccc(Cl)cc2Cl)cc2c1OC1CCNCC21. The predicted molar refractivity (Wildman–Crippen MR) is 108 cm³/mol. The number of benzene rings is 2. The summed E-state index contributed by atoms with van der Waals surface area (Å²) in [4.78, 5) is 1.23. The molecule has 0 bridgehead atoms. The summed E-state index contributed by atoms with van der Waals surface area (Å²) in [6, 6.07) is 10.2. The van der Waals surface area contributed by atoms with Crippen LogP contribution in [0.3, 0.4) is 0 Å². The molecule has 2 atom stereocenters.